The lowest BCUT2D eigenvalue weighted by molar-refractivity contribution is 0.201. The summed E-state index contributed by atoms with van der Waals surface area (Å²) in [5.74, 6) is 0.993. The molecule has 0 radical (unpaired) electrons. The molecule has 3 nitrogen and oxygen atoms in total. The third kappa shape index (κ3) is 3.74. The Morgan fingerprint density at radius 2 is 2.07 bits per heavy atom. The fraction of sp³-hybridized carbons (Fsp3) is 1.00. The third-order valence-electron chi connectivity index (χ3n) is 3.65. The molecular formula is C12H24N2O. The Balaban J connectivity index is 1.68. The Bertz CT molecular complexity index is 186. The zero-order chi connectivity index (χ0) is 10.7. The summed E-state index contributed by atoms with van der Waals surface area (Å²) < 4.78 is 0. The van der Waals surface area contributed by atoms with E-state index in [9.17, 15) is 0 Å². The number of nitrogens with one attached hydrogen (secondary N) is 1. The molecule has 0 bridgehead atoms. The van der Waals surface area contributed by atoms with Gasteiger partial charge in [-0.2, -0.15) is 0 Å². The Morgan fingerprint density at radius 3 is 2.53 bits per heavy atom. The number of aliphatic hydroxyl groups excluding tert-OH is 1. The molecule has 1 unspecified atom stereocenters. The van der Waals surface area contributed by atoms with E-state index in [2.05, 4.69) is 10.2 Å². The van der Waals surface area contributed by atoms with Gasteiger partial charge in [0.1, 0.15) is 0 Å². The molecular weight excluding hydrogens is 188 g/mol. The van der Waals surface area contributed by atoms with Gasteiger partial charge in [-0.15, -0.1) is 0 Å². The number of hydrogen-bond donors (Lipinski definition) is 2. The molecule has 88 valence electrons. The Kier molecular flexibility index (Phi) is 4.00. The van der Waals surface area contributed by atoms with Gasteiger partial charge in [0.05, 0.1) is 6.61 Å². The maximum absolute atomic E-state index is 9.11. The van der Waals surface area contributed by atoms with Crippen LogP contribution in [0.5, 0.6) is 0 Å². The predicted octanol–water partition coefficient (Wildman–Crippen LogP) is 0.831. The minimum Gasteiger partial charge on any atom is -0.395 e. The van der Waals surface area contributed by atoms with Crippen LogP contribution in [0.25, 0.3) is 0 Å². The van der Waals surface area contributed by atoms with E-state index >= 15 is 0 Å². The lowest BCUT2D eigenvalue weighted by atomic mass is 10.2. The maximum Gasteiger partial charge on any atom is 0.0585 e. The SMILES string of the molecule is CNC(CO)CCN(CC1CC1)C1CC1. The van der Waals surface area contributed by atoms with Gasteiger partial charge in [0.25, 0.3) is 0 Å². The molecule has 2 aliphatic carbocycles. The van der Waals surface area contributed by atoms with E-state index in [4.69, 9.17) is 5.11 Å². The number of likely N-dealkylation sites (N-methyl/N-ethyl adjacent to an activating group) is 1. The van der Waals surface area contributed by atoms with E-state index in [0.717, 1.165) is 24.9 Å². The maximum atomic E-state index is 9.11. The average Bonchev–Trinajstić information content (AvgIpc) is 3.11. The highest BCUT2D eigenvalue weighted by Gasteiger charge is 2.33. The van der Waals surface area contributed by atoms with Gasteiger partial charge in [-0.25, -0.2) is 0 Å². The van der Waals surface area contributed by atoms with Crippen molar-refractivity contribution >= 4 is 0 Å². The van der Waals surface area contributed by atoms with Crippen LogP contribution in [0.3, 0.4) is 0 Å². The van der Waals surface area contributed by atoms with Crippen molar-refractivity contribution in [3.8, 4) is 0 Å². The summed E-state index contributed by atoms with van der Waals surface area (Å²) in [4.78, 5) is 2.65. The monoisotopic (exact) mass is 212 g/mol. The number of hydrogen-bond acceptors (Lipinski definition) is 3. The van der Waals surface area contributed by atoms with Crippen LogP contribution in [0.1, 0.15) is 32.1 Å². The van der Waals surface area contributed by atoms with Gasteiger partial charge < -0.3 is 15.3 Å². The molecule has 0 heterocycles. The van der Waals surface area contributed by atoms with Crippen molar-refractivity contribution in [2.75, 3.05) is 26.7 Å². The molecule has 0 aromatic rings. The highest BCUT2D eigenvalue weighted by Crippen LogP contribution is 2.34. The highest BCUT2D eigenvalue weighted by molar-refractivity contribution is 4.88. The van der Waals surface area contributed by atoms with E-state index in [1.54, 1.807) is 0 Å². The zero-order valence-corrected chi connectivity index (χ0v) is 9.78. The molecule has 0 aromatic heterocycles. The average molecular weight is 212 g/mol. The lowest BCUT2D eigenvalue weighted by Crippen LogP contribution is -2.36. The lowest BCUT2D eigenvalue weighted by Gasteiger charge is -2.24. The smallest absolute Gasteiger partial charge is 0.0585 e. The van der Waals surface area contributed by atoms with Crippen LogP contribution < -0.4 is 5.32 Å². The third-order valence-corrected chi connectivity index (χ3v) is 3.65. The summed E-state index contributed by atoms with van der Waals surface area (Å²) in [5, 5.41) is 12.3. The van der Waals surface area contributed by atoms with Crippen molar-refractivity contribution in [2.45, 2.75) is 44.2 Å². The van der Waals surface area contributed by atoms with Gasteiger partial charge in [-0.3, -0.25) is 0 Å². The summed E-state index contributed by atoms with van der Waals surface area (Å²) >= 11 is 0. The first-order valence-electron chi connectivity index (χ1n) is 6.35. The first kappa shape index (κ1) is 11.4. The summed E-state index contributed by atoms with van der Waals surface area (Å²) in [6, 6.07) is 1.16. The largest absolute Gasteiger partial charge is 0.395 e. The van der Waals surface area contributed by atoms with Crippen LogP contribution in [-0.2, 0) is 0 Å². The van der Waals surface area contributed by atoms with Crippen molar-refractivity contribution in [3.63, 3.8) is 0 Å². The van der Waals surface area contributed by atoms with Crippen LogP contribution in [0.4, 0.5) is 0 Å². The molecule has 2 aliphatic rings. The van der Waals surface area contributed by atoms with E-state index in [1.165, 1.54) is 32.2 Å². The zero-order valence-electron chi connectivity index (χ0n) is 9.78. The van der Waals surface area contributed by atoms with Crippen LogP contribution >= 0.6 is 0 Å². The number of rotatable bonds is 8. The first-order valence-corrected chi connectivity index (χ1v) is 6.35. The van der Waals surface area contributed by atoms with E-state index in [1.807, 2.05) is 7.05 Å². The topological polar surface area (TPSA) is 35.5 Å². The van der Waals surface area contributed by atoms with Gasteiger partial charge >= 0.3 is 0 Å². The minimum absolute atomic E-state index is 0.262. The highest BCUT2D eigenvalue weighted by atomic mass is 16.3. The summed E-state index contributed by atoms with van der Waals surface area (Å²) in [5.41, 5.74) is 0. The number of aliphatic hydroxyl groups is 1. The summed E-state index contributed by atoms with van der Waals surface area (Å²) in [6.45, 7) is 2.73. The van der Waals surface area contributed by atoms with Crippen LogP contribution in [0.2, 0.25) is 0 Å². The normalized spacial score (nSPS) is 23.4. The first-order chi connectivity index (χ1) is 7.33. The standard InChI is InChI=1S/C12H24N2O/c1-13-11(9-15)6-7-14(12-4-5-12)8-10-2-3-10/h10-13,15H,2-9H2,1H3. The van der Waals surface area contributed by atoms with Gasteiger partial charge in [0.15, 0.2) is 0 Å². The minimum atomic E-state index is 0.262. The van der Waals surface area contributed by atoms with Crippen LogP contribution in [-0.4, -0.2) is 48.8 Å². The second-order valence-corrected chi connectivity index (χ2v) is 5.13. The molecule has 2 fully saturated rings. The Hall–Kier alpha value is -0.120. The van der Waals surface area contributed by atoms with Gasteiger partial charge in [0, 0.05) is 25.2 Å². The van der Waals surface area contributed by atoms with Gasteiger partial charge in [-0.1, -0.05) is 0 Å². The van der Waals surface area contributed by atoms with E-state index < -0.39 is 0 Å². The van der Waals surface area contributed by atoms with Crippen molar-refractivity contribution < 1.29 is 5.11 Å². The van der Waals surface area contributed by atoms with E-state index in [-0.39, 0.29) is 12.6 Å². The molecule has 0 aliphatic heterocycles. The van der Waals surface area contributed by atoms with Crippen LogP contribution in [0, 0.1) is 5.92 Å². The molecule has 3 heteroatoms. The predicted molar refractivity (Wildman–Crippen MR) is 61.9 cm³/mol. The van der Waals surface area contributed by atoms with Crippen molar-refractivity contribution in [2.24, 2.45) is 5.92 Å². The second-order valence-electron chi connectivity index (χ2n) is 5.13. The number of nitrogens with zero attached hydrogens (tertiary/aromatic N) is 1. The van der Waals surface area contributed by atoms with Gasteiger partial charge in [-0.05, 0) is 45.1 Å². The molecule has 1 atom stereocenters. The molecule has 0 aromatic carbocycles. The van der Waals surface area contributed by atoms with Crippen molar-refractivity contribution in [1.29, 1.82) is 0 Å². The fourth-order valence-corrected chi connectivity index (χ4v) is 2.14. The summed E-state index contributed by atoms with van der Waals surface area (Å²) in [7, 11) is 1.93. The van der Waals surface area contributed by atoms with E-state index in [0.29, 0.717) is 0 Å². The Morgan fingerprint density at radius 1 is 1.33 bits per heavy atom. The fourth-order valence-electron chi connectivity index (χ4n) is 2.14. The van der Waals surface area contributed by atoms with Crippen LogP contribution in [0.15, 0.2) is 0 Å². The molecule has 2 N–H and O–H groups in total. The molecule has 2 saturated carbocycles. The Labute approximate surface area is 92.8 Å². The molecule has 0 saturated heterocycles. The molecule has 0 amide bonds. The second kappa shape index (κ2) is 5.28. The molecule has 0 spiro atoms. The van der Waals surface area contributed by atoms with Crippen molar-refractivity contribution in [3.05, 3.63) is 0 Å². The quantitative estimate of drug-likeness (QED) is 0.625. The van der Waals surface area contributed by atoms with Crippen molar-refractivity contribution in [1.82, 2.24) is 10.2 Å². The van der Waals surface area contributed by atoms with Gasteiger partial charge in [0.2, 0.25) is 0 Å². The summed E-state index contributed by atoms with van der Waals surface area (Å²) in [6.07, 6.45) is 6.76. The molecule has 2 rings (SSSR count). The molecule has 15 heavy (non-hydrogen) atoms.